The minimum Gasteiger partial charge on any atom is -0.465 e. The lowest BCUT2D eigenvalue weighted by atomic mass is 9.70. The number of ether oxygens (including phenoxy) is 3. The Morgan fingerprint density at radius 3 is 2.35 bits per heavy atom. The number of aromatic nitrogens is 2. The van der Waals surface area contributed by atoms with Gasteiger partial charge in [-0.05, 0) is 64.8 Å². The summed E-state index contributed by atoms with van der Waals surface area (Å²) in [5.74, 6) is 0.403. The first-order chi connectivity index (χ1) is 17.9. The van der Waals surface area contributed by atoms with E-state index in [-0.39, 0.29) is 11.6 Å². The van der Waals surface area contributed by atoms with E-state index in [1.165, 1.54) is 16.2 Å². The molecule has 2 aliphatic rings. The van der Waals surface area contributed by atoms with Crippen molar-refractivity contribution in [1.29, 1.82) is 0 Å². The van der Waals surface area contributed by atoms with Crippen molar-refractivity contribution in [2.45, 2.75) is 90.3 Å². The predicted molar refractivity (Wildman–Crippen MR) is 144 cm³/mol. The van der Waals surface area contributed by atoms with Crippen LogP contribution in [-0.4, -0.2) is 91.0 Å². The Morgan fingerprint density at radius 1 is 1.11 bits per heavy atom. The third kappa shape index (κ3) is 8.94. The second-order valence-corrected chi connectivity index (χ2v) is 11.2. The number of rotatable bonds is 15. The molecule has 1 aromatic rings. The molecule has 1 aliphatic heterocycles. The van der Waals surface area contributed by atoms with E-state index in [0.29, 0.717) is 19.0 Å². The van der Waals surface area contributed by atoms with E-state index in [2.05, 4.69) is 36.7 Å². The molecule has 1 N–H and O–H groups in total. The molecule has 0 bridgehead atoms. The number of carbonyl (C=O) groups is 1. The van der Waals surface area contributed by atoms with Crippen LogP contribution in [0.5, 0.6) is 0 Å². The molecule has 0 radical (unpaired) electrons. The Hall–Kier alpha value is -1.68. The van der Waals surface area contributed by atoms with Gasteiger partial charge in [-0.25, -0.2) is 9.48 Å². The van der Waals surface area contributed by atoms with Gasteiger partial charge in [0.25, 0.3) is 0 Å². The topological polar surface area (TPSA) is 89.3 Å². The number of hydrogen-bond donors (Lipinski definition) is 1. The van der Waals surface area contributed by atoms with E-state index >= 15 is 0 Å². The van der Waals surface area contributed by atoms with E-state index in [9.17, 15) is 9.90 Å². The molecule has 1 aliphatic carbocycles. The summed E-state index contributed by atoms with van der Waals surface area (Å²) in [6.45, 7) is 10.1. The Kier molecular flexibility index (Phi) is 12.1. The van der Waals surface area contributed by atoms with Crippen molar-refractivity contribution in [1.82, 2.24) is 19.6 Å². The monoisotopic (exact) mass is 522 g/mol. The zero-order valence-electron chi connectivity index (χ0n) is 23.6. The van der Waals surface area contributed by atoms with Crippen LogP contribution in [0.1, 0.15) is 95.0 Å². The third-order valence-electron chi connectivity index (χ3n) is 7.82. The van der Waals surface area contributed by atoms with Crippen molar-refractivity contribution in [3.8, 4) is 0 Å². The highest BCUT2D eigenvalue weighted by molar-refractivity contribution is 5.64. The number of nitrogens with zero attached hydrogens (tertiary/aromatic N) is 4. The molecular weight excluding hydrogens is 472 g/mol. The quantitative estimate of drug-likeness (QED) is 0.320. The summed E-state index contributed by atoms with van der Waals surface area (Å²) in [5, 5.41) is 14.3. The van der Waals surface area contributed by atoms with Crippen molar-refractivity contribution >= 4 is 6.09 Å². The number of hydrogen-bond acceptors (Lipinski definition) is 6. The molecule has 1 atom stereocenters. The van der Waals surface area contributed by atoms with Gasteiger partial charge in [-0.3, -0.25) is 0 Å². The molecule has 2 fully saturated rings. The maximum Gasteiger partial charge on any atom is 0.407 e. The van der Waals surface area contributed by atoms with Gasteiger partial charge in [-0.2, -0.15) is 5.10 Å². The van der Waals surface area contributed by atoms with Gasteiger partial charge < -0.3 is 29.1 Å². The molecule has 37 heavy (non-hydrogen) atoms. The number of carboxylic acid groups (broad SMARTS) is 1. The second kappa shape index (κ2) is 15.0. The van der Waals surface area contributed by atoms with Crippen LogP contribution < -0.4 is 0 Å². The standard InChI is InChI=1S/C28H50N4O5/c1-5-16-35-21-28(22-36-17-6-2)12-10-23(11-13-28)26-24(19-30(3)14-15-31(4)27(33)34)20-32(29-26)25-9-7-8-18-37-25/h20,23,25H,5-19,21-22H2,1-4H3,(H,33,34). The van der Waals surface area contributed by atoms with E-state index in [4.69, 9.17) is 19.3 Å². The van der Waals surface area contributed by atoms with Gasteiger partial charge >= 0.3 is 6.09 Å². The number of amides is 1. The summed E-state index contributed by atoms with van der Waals surface area (Å²) < 4.78 is 20.2. The molecule has 1 saturated carbocycles. The molecule has 212 valence electrons. The molecule has 1 saturated heterocycles. The Morgan fingerprint density at radius 2 is 1.78 bits per heavy atom. The van der Waals surface area contributed by atoms with Crippen molar-refractivity contribution < 1.29 is 24.1 Å². The van der Waals surface area contributed by atoms with Crippen molar-refractivity contribution in [3.63, 3.8) is 0 Å². The lowest BCUT2D eigenvalue weighted by Gasteiger charge is -2.39. The van der Waals surface area contributed by atoms with Crippen LogP contribution in [0.2, 0.25) is 0 Å². The summed E-state index contributed by atoms with van der Waals surface area (Å²) in [7, 11) is 3.67. The molecule has 9 heteroatoms. The second-order valence-electron chi connectivity index (χ2n) is 11.2. The van der Waals surface area contributed by atoms with Crippen LogP contribution in [0.3, 0.4) is 0 Å². The number of likely N-dealkylation sites (N-methyl/N-ethyl adjacent to an activating group) is 2. The molecule has 0 aromatic carbocycles. The van der Waals surface area contributed by atoms with Crippen molar-refractivity contribution in [2.75, 3.05) is 60.2 Å². The lowest BCUT2D eigenvalue weighted by Crippen LogP contribution is -2.37. The predicted octanol–water partition coefficient (Wildman–Crippen LogP) is 5.12. The minimum atomic E-state index is -0.895. The average Bonchev–Trinajstić information content (AvgIpc) is 3.32. The summed E-state index contributed by atoms with van der Waals surface area (Å²) in [5.41, 5.74) is 2.51. The Balaban J connectivity index is 1.71. The first-order valence-electron chi connectivity index (χ1n) is 14.3. The molecule has 1 unspecified atom stereocenters. The molecule has 0 spiro atoms. The third-order valence-corrected chi connectivity index (χ3v) is 7.82. The summed E-state index contributed by atoms with van der Waals surface area (Å²) in [4.78, 5) is 14.7. The van der Waals surface area contributed by atoms with Crippen molar-refractivity contribution in [2.24, 2.45) is 5.41 Å². The average molecular weight is 523 g/mol. The molecule has 3 rings (SSSR count). The SMILES string of the molecule is CCCOCC1(COCCC)CCC(c2nn(C3CCCCO3)cc2CN(C)CCN(C)C(=O)O)CC1. The van der Waals surface area contributed by atoms with Gasteiger partial charge in [0.05, 0.1) is 18.9 Å². The first-order valence-corrected chi connectivity index (χ1v) is 14.3. The van der Waals surface area contributed by atoms with Crippen LogP contribution in [0.25, 0.3) is 0 Å². The van der Waals surface area contributed by atoms with Crippen LogP contribution >= 0.6 is 0 Å². The maximum absolute atomic E-state index is 11.2. The molecule has 9 nitrogen and oxygen atoms in total. The zero-order chi connectivity index (χ0) is 26.7. The van der Waals surface area contributed by atoms with Gasteiger partial charge in [-0.15, -0.1) is 0 Å². The van der Waals surface area contributed by atoms with Gasteiger partial charge in [0.2, 0.25) is 0 Å². The Bertz CT molecular complexity index is 790. The Labute approximate surface area is 223 Å². The zero-order valence-corrected chi connectivity index (χ0v) is 23.6. The fourth-order valence-electron chi connectivity index (χ4n) is 5.48. The smallest absolute Gasteiger partial charge is 0.407 e. The molecule has 1 aromatic heterocycles. The van der Waals surface area contributed by atoms with Crippen LogP contribution in [-0.2, 0) is 20.8 Å². The highest BCUT2D eigenvalue weighted by atomic mass is 16.5. The normalized spacial score (nSPS) is 20.4. The minimum absolute atomic E-state index is 0.0114. The van der Waals surface area contributed by atoms with E-state index in [1.54, 1.807) is 7.05 Å². The largest absolute Gasteiger partial charge is 0.465 e. The maximum atomic E-state index is 11.2. The summed E-state index contributed by atoms with van der Waals surface area (Å²) in [6, 6.07) is 0. The fraction of sp³-hybridized carbons (Fsp3) is 0.857. The highest BCUT2D eigenvalue weighted by Crippen LogP contribution is 2.44. The van der Waals surface area contributed by atoms with Gasteiger partial charge in [0.15, 0.2) is 0 Å². The fourth-order valence-corrected chi connectivity index (χ4v) is 5.48. The summed E-state index contributed by atoms with van der Waals surface area (Å²) >= 11 is 0. The molecule has 1 amide bonds. The van der Waals surface area contributed by atoms with Gasteiger partial charge in [0, 0.05) is 69.6 Å². The lowest BCUT2D eigenvalue weighted by molar-refractivity contribution is -0.0456. The first kappa shape index (κ1) is 29.9. The van der Waals surface area contributed by atoms with Gasteiger partial charge in [0.1, 0.15) is 6.23 Å². The highest BCUT2D eigenvalue weighted by Gasteiger charge is 2.38. The van der Waals surface area contributed by atoms with E-state index in [1.807, 2.05) is 0 Å². The molecule has 2 heterocycles. The van der Waals surface area contributed by atoms with Crippen molar-refractivity contribution in [3.05, 3.63) is 17.5 Å². The van der Waals surface area contributed by atoms with Gasteiger partial charge in [-0.1, -0.05) is 13.8 Å². The van der Waals surface area contributed by atoms with E-state index < -0.39 is 6.09 Å². The molecular formula is C28H50N4O5. The van der Waals surface area contributed by atoms with Crippen LogP contribution in [0, 0.1) is 5.41 Å². The van der Waals surface area contributed by atoms with Crippen LogP contribution in [0.4, 0.5) is 4.79 Å². The van der Waals surface area contributed by atoms with E-state index in [0.717, 1.165) is 97.4 Å². The van der Waals surface area contributed by atoms with Crippen LogP contribution in [0.15, 0.2) is 6.20 Å². The summed E-state index contributed by atoms with van der Waals surface area (Å²) in [6.07, 6.45) is 11.0.